The molecule has 0 amide bonds. The first kappa shape index (κ1) is 13.6. The van der Waals surface area contributed by atoms with Crippen molar-refractivity contribution in [3.05, 3.63) is 17.5 Å². The van der Waals surface area contributed by atoms with E-state index in [9.17, 15) is 0 Å². The van der Waals surface area contributed by atoms with Crippen LogP contribution in [0.3, 0.4) is 0 Å². The van der Waals surface area contributed by atoms with Gasteiger partial charge in [-0.3, -0.25) is 4.68 Å². The van der Waals surface area contributed by atoms with E-state index in [0.717, 1.165) is 12.3 Å². The van der Waals surface area contributed by atoms with Gasteiger partial charge in [0.05, 0.1) is 5.69 Å². The second kappa shape index (κ2) is 6.37. The Hall–Kier alpha value is -0.830. The second-order valence-corrected chi connectivity index (χ2v) is 5.60. The third-order valence-corrected chi connectivity index (χ3v) is 4.39. The van der Waals surface area contributed by atoms with E-state index in [-0.39, 0.29) is 0 Å². The molecular weight excluding hydrogens is 222 g/mol. The van der Waals surface area contributed by atoms with Gasteiger partial charge in [-0.05, 0) is 44.7 Å². The van der Waals surface area contributed by atoms with Crippen LogP contribution in [-0.2, 0) is 19.9 Å². The maximum absolute atomic E-state index is 4.57. The predicted octanol–water partition coefficient (Wildman–Crippen LogP) is 2.69. The van der Waals surface area contributed by atoms with E-state index in [1.165, 1.54) is 49.9 Å². The average molecular weight is 249 g/mol. The van der Waals surface area contributed by atoms with Gasteiger partial charge in [-0.1, -0.05) is 26.2 Å². The molecule has 18 heavy (non-hydrogen) atoms. The van der Waals surface area contributed by atoms with Gasteiger partial charge in [-0.25, -0.2) is 0 Å². The highest BCUT2D eigenvalue weighted by Gasteiger charge is 2.23. The van der Waals surface area contributed by atoms with Crippen LogP contribution in [-0.4, -0.2) is 22.9 Å². The van der Waals surface area contributed by atoms with Gasteiger partial charge in [-0.15, -0.1) is 0 Å². The van der Waals surface area contributed by atoms with Crippen molar-refractivity contribution in [1.29, 1.82) is 0 Å². The molecule has 1 N–H and O–H groups in total. The normalized spacial score (nSPS) is 25.1. The maximum atomic E-state index is 4.57. The van der Waals surface area contributed by atoms with Crippen LogP contribution < -0.4 is 5.32 Å². The maximum Gasteiger partial charge on any atom is 0.0624 e. The van der Waals surface area contributed by atoms with Gasteiger partial charge in [0.2, 0.25) is 0 Å². The van der Waals surface area contributed by atoms with Crippen molar-refractivity contribution >= 4 is 0 Å². The lowest BCUT2D eigenvalue weighted by Gasteiger charge is -2.24. The Bertz CT molecular complexity index is 370. The molecule has 0 radical (unpaired) electrons. The topological polar surface area (TPSA) is 29.9 Å². The van der Waals surface area contributed by atoms with Crippen molar-refractivity contribution in [2.24, 2.45) is 13.0 Å². The fourth-order valence-electron chi connectivity index (χ4n) is 3.21. The van der Waals surface area contributed by atoms with Crippen molar-refractivity contribution in [2.45, 2.75) is 57.9 Å². The van der Waals surface area contributed by atoms with Gasteiger partial charge in [0.25, 0.3) is 0 Å². The number of rotatable bonds is 4. The van der Waals surface area contributed by atoms with E-state index in [2.05, 4.69) is 42.2 Å². The number of hydrogen-bond donors (Lipinski definition) is 1. The zero-order valence-corrected chi connectivity index (χ0v) is 12.1. The van der Waals surface area contributed by atoms with Gasteiger partial charge in [-0.2, -0.15) is 5.10 Å². The minimum atomic E-state index is 0.687. The Morgan fingerprint density at radius 1 is 1.33 bits per heavy atom. The lowest BCUT2D eigenvalue weighted by atomic mass is 9.90. The Labute approximate surface area is 111 Å². The average Bonchev–Trinajstić information content (AvgIpc) is 2.60. The van der Waals surface area contributed by atoms with Gasteiger partial charge >= 0.3 is 0 Å². The molecule has 0 bridgehead atoms. The van der Waals surface area contributed by atoms with Crippen LogP contribution in [0.25, 0.3) is 0 Å². The van der Waals surface area contributed by atoms with Crippen LogP contribution in [0, 0.1) is 5.92 Å². The summed E-state index contributed by atoms with van der Waals surface area (Å²) >= 11 is 0. The molecule has 0 aromatic carbocycles. The Balaban J connectivity index is 2.07. The van der Waals surface area contributed by atoms with Crippen LogP contribution in [0.1, 0.15) is 50.4 Å². The summed E-state index contributed by atoms with van der Waals surface area (Å²) in [6.07, 6.45) is 9.08. The van der Waals surface area contributed by atoms with E-state index in [0.29, 0.717) is 6.04 Å². The highest BCUT2D eigenvalue weighted by Crippen LogP contribution is 2.26. The predicted molar refractivity (Wildman–Crippen MR) is 75.7 cm³/mol. The second-order valence-electron chi connectivity index (χ2n) is 5.60. The number of nitrogens with zero attached hydrogens (tertiary/aromatic N) is 2. The quantitative estimate of drug-likeness (QED) is 0.832. The number of aromatic nitrogens is 2. The summed E-state index contributed by atoms with van der Waals surface area (Å²) in [7, 11) is 4.20. The molecule has 0 aliphatic heterocycles. The lowest BCUT2D eigenvalue weighted by Crippen LogP contribution is -2.34. The molecule has 0 spiro atoms. The number of nitrogens with one attached hydrogen (secondary N) is 1. The van der Waals surface area contributed by atoms with Crippen LogP contribution in [0.15, 0.2) is 6.07 Å². The molecule has 1 heterocycles. The zero-order valence-electron chi connectivity index (χ0n) is 12.1. The number of hydrogen-bond acceptors (Lipinski definition) is 2. The monoisotopic (exact) mass is 249 g/mol. The minimum absolute atomic E-state index is 0.687. The van der Waals surface area contributed by atoms with Crippen LogP contribution >= 0.6 is 0 Å². The van der Waals surface area contributed by atoms with Crippen molar-refractivity contribution in [3.8, 4) is 0 Å². The molecule has 102 valence electrons. The Morgan fingerprint density at radius 2 is 2.11 bits per heavy atom. The SMILES string of the molecule is CCc1cc(CC2CCCCCC2NC)n(C)n1. The molecule has 3 heteroatoms. The van der Waals surface area contributed by atoms with E-state index >= 15 is 0 Å². The smallest absolute Gasteiger partial charge is 0.0624 e. The molecule has 1 fully saturated rings. The highest BCUT2D eigenvalue weighted by atomic mass is 15.3. The van der Waals surface area contributed by atoms with E-state index in [1.54, 1.807) is 0 Å². The molecule has 3 nitrogen and oxygen atoms in total. The summed E-state index contributed by atoms with van der Waals surface area (Å²) in [5.74, 6) is 0.776. The molecule has 2 unspecified atom stereocenters. The van der Waals surface area contributed by atoms with Crippen LogP contribution in [0.5, 0.6) is 0 Å². The zero-order chi connectivity index (χ0) is 13.0. The lowest BCUT2D eigenvalue weighted by molar-refractivity contribution is 0.344. The van der Waals surface area contributed by atoms with Crippen molar-refractivity contribution < 1.29 is 0 Å². The van der Waals surface area contributed by atoms with Crippen LogP contribution in [0.2, 0.25) is 0 Å². The van der Waals surface area contributed by atoms with Crippen molar-refractivity contribution in [2.75, 3.05) is 7.05 Å². The molecular formula is C15H27N3. The third-order valence-electron chi connectivity index (χ3n) is 4.39. The molecule has 1 saturated carbocycles. The fourth-order valence-corrected chi connectivity index (χ4v) is 3.21. The van der Waals surface area contributed by atoms with E-state index < -0.39 is 0 Å². The van der Waals surface area contributed by atoms with E-state index in [4.69, 9.17) is 0 Å². The van der Waals surface area contributed by atoms with Gasteiger partial charge in [0.15, 0.2) is 0 Å². The standard InChI is InChI=1S/C15H27N3/c1-4-13-11-14(18(3)17-13)10-12-8-6-5-7-9-15(12)16-2/h11-12,15-16H,4-10H2,1-3H3. The largest absolute Gasteiger partial charge is 0.317 e. The summed E-state index contributed by atoms with van der Waals surface area (Å²) < 4.78 is 2.08. The molecule has 0 saturated heterocycles. The summed E-state index contributed by atoms with van der Waals surface area (Å²) in [4.78, 5) is 0. The van der Waals surface area contributed by atoms with Crippen LogP contribution in [0.4, 0.5) is 0 Å². The fraction of sp³-hybridized carbons (Fsp3) is 0.800. The van der Waals surface area contributed by atoms with Gasteiger partial charge in [0.1, 0.15) is 0 Å². The summed E-state index contributed by atoms with van der Waals surface area (Å²) in [6, 6.07) is 2.98. The first-order valence-corrected chi connectivity index (χ1v) is 7.43. The number of aryl methyl sites for hydroxylation is 2. The molecule has 2 atom stereocenters. The molecule has 1 aromatic heterocycles. The Morgan fingerprint density at radius 3 is 2.78 bits per heavy atom. The summed E-state index contributed by atoms with van der Waals surface area (Å²) in [5, 5.41) is 8.09. The van der Waals surface area contributed by atoms with Crippen molar-refractivity contribution in [3.63, 3.8) is 0 Å². The molecule has 1 aliphatic rings. The van der Waals surface area contributed by atoms with E-state index in [1.807, 2.05) is 0 Å². The summed E-state index contributed by atoms with van der Waals surface area (Å²) in [5.41, 5.74) is 2.63. The van der Waals surface area contributed by atoms with Gasteiger partial charge in [0, 0.05) is 18.8 Å². The highest BCUT2D eigenvalue weighted by molar-refractivity contribution is 5.11. The minimum Gasteiger partial charge on any atom is -0.317 e. The molecule has 1 aromatic rings. The van der Waals surface area contributed by atoms with Crippen molar-refractivity contribution in [1.82, 2.24) is 15.1 Å². The first-order valence-electron chi connectivity index (χ1n) is 7.43. The molecule has 1 aliphatic carbocycles. The Kier molecular flexibility index (Phi) is 4.81. The third kappa shape index (κ3) is 3.14. The summed E-state index contributed by atoms with van der Waals surface area (Å²) in [6.45, 7) is 2.17. The molecule has 2 rings (SSSR count). The first-order chi connectivity index (χ1) is 8.74. The van der Waals surface area contributed by atoms with Gasteiger partial charge < -0.3 is 5.32 Å².